The predicted octanol–water partition coefficient (Wildman–Crippen LogP) is 3.53. The van der Waals surface area contributed by atoms with E-state index >= 15 is 0 Å². The fourth-order valence-corrected chi connectivity index (χ4v) is 3.11. The summed E-state index contributed by atoms with van der Waals surface area (Å²) in [5.41, 5.74) is 0.869. The maximum atomic E-state index is 13.0. The molecule has 0 unspecified atom stereocenters. The summed E-state index contributed by atoms with van der Waals surface area (Å²) in [5, 5.41) is 8.16. The number of nitrogens with zero attached hydrogens (tertiary/aromatic N) is 1. The molecular formula is C18H12FNO5S. The number of aliphatic carboxylic acids is 1. The van der Waals surface area contributed by atoms with Gasteiger partial charge in [0.15, 0.2) is 6.61 Å². The first-order valence-corrected chi connectivity index (χ1v) is 8.24. The summed E-state index contributed by atoms with van der Waals surface area (Å²) < 4.78 is 18.1. The van der Waals surface area contributed by atoms with Crippen molar-refractivity contribution in [2.75, 3.05) is 11.5 Å². The van der Waals surface area contributed by atoms with Gasteiger partial charge in [0, 0.05) is 0 Å². The van der Waals surface area contributed by atoms with Crippen molar-refractivity contribution in [2.24, 2.45) is 0 Å². The SMILES string of the molecule is O=C(O)COc1cccc(/C=C2/SC(=O)N(c3ccc(F)cc3)C2=O)c1. The number of carbonyl (C=O) groups is 3. The Morgan fingerprint density at radius 1 is 1.19 bits per heavy atom. The van der Waals surface area contributed by atoms with Gasteiger partial charge in [-0.3, -0.25) is 9.59 Å². The fourth-order valence-electron chi connectivity index (χ4n) is 2.27. The molecule has 2 aromatic rings. The molecule has 26 heavy (non-hydrogen) atoms. The molecule has 1 heterocycles. The second-order valence-corrected chi connectivity index (χ2v) is 6.24. The van der Waals surface area contributed by atoms with E-state index < -0.39 is 29.5 Å². The van der Waals surface area contributed by atoms with Crippen LogP contribution in [0.3, 0.4) is 0 Å². The predicted molar refractivity (Wildman–Crippen MR) is 94.4 cm³/mol. The molecule has 0 saturated carbocycles. The Bertz CT molecular complexity index is 910. The Labute approximate surface area is 151 Å². The molecule has 132 valence electrons. The summed E-state index contributed by atoms with van der Waals surface area (Å²) in [7, 11) is 0. The zero-order valence-electron chi connectivity index (χ0n) is 13.2. The van der Waals surface area contributed by atoms with Gasteiger partial charge in [-0.15, -0.1) is 0 Å². The molecule has 0 aliphatic carbocycles. The number of ether oxygens (including phenoxy) is 1. The summed E-state index contributed by atoms with van der Waals surface area (Å²) in [5.74, 6) is -1.74. The van der Waals surface area contributed by atoms with E-state index in [9.17, 15) is 18.8 Å². The van der Waals surface area contributed by atoms with E-state index in [4.69, 9.17) is 9.84 Å². The lowest BCUT2D eigenvalue weighted by atomic mass is 10.2. The lowest BCUT2D eigenvalue weighted by Crippen LogP contribution is -2.27. The van der Waals surface area contributed by atoms with Crippen LogP contribution in [0.1, 0.15) is 5.56 Å². The van der Waals surface area contributed by atoms with Gasteiger partial charge in [-0.05, 0) is 59.8 Å². The van der Waals surface area contributed by atoms with Gasteiger partial charge in [0.05, 0.1) is 10.6 Å². The van der Waals surface area contributed by atoms with Crippen LogP contribution in [0, 0.1) is 5.82 Å². The van der Waals surface area contributed by atoms with E-state index in [0.717, 1.165) is 16.7 Å². The second kappa shape index (κ2) is 7.40. The lowest BCUT2D eigenvalue weighted by Gasteiger charge is -2.11. The van der Waals surface area contributed by atoms with Crippen molar-refractivity contribution < 1.29 is 28.6 Å². The summed E-state index contributed by atoms with van der Waals surface area (Å²) in [4.78, 5) is 36.4. The minimum absolute atomic E-state index is 0.203. The van der Waals surface area contributed by atoms with E-state index in [2.05, 4.69) is 0 Å². The highest BCUT2D eigenvalue weighted by Crippen LogP contribution is 2.36. The third-order valence-electron chi connectivity index (χ3n) is 3.40. The Morgan fingerprint density at radius 3 is 2.62 bits per heavy atom. The lowest BCUT2D eigenvalue weighted by molar-refractivity contribution is -0.139. The molecule has 1 N–H and O–H groups in total. The van der Waals surface area contributed by atoms with Crippen LogP contribution < -0.4 is 9.64 Å². The topological polar surface area (TPSA) is 83.9 Å². The molecule has 1 saturated heterocycles. The average molecular weight is 373 g/mol. The number of halogens is 1. The molecule has 1 aliphatic rings. The summed E-state index contributed by atoms with van der Waals surface area (Å²) in [6.45, 7) is -0.482. The average Bonchev–Trinajstić information content (AvgIpc) is 2.88. The third-order valence-corrected chi connectivity index (χ3v) is 4.27. The number of hydrogen-bond donors (Lipinski definition) is 1. The zero-order chi connectivity index (χ0) is 18.7. The molecule has 0 spiro atoms. The Hall–Kier alpha value is -3.13. The quantitative estimate of drug-likeness (QED) is 0.807. The molecule has 3 rings (SSSR count). The smallest absolute Gasteiger partial charge is 0.341 e. The highest BCUT2D eigenvalue weighted by molar-refractivity contribution is 8.19. The van der Waals surface area contributed by atoms with Gasteiger partial charge in [-0.2, -0.15) is 0 Å². The van der Waals surface area contributed by atoms with Gasteiger partial charge in [0.25, 0.3) is 11.1 Å². The molecule has 1 aliphatic heterocycles. The second-order valence-electron chi connectivity index (χ2n) is 5.25. The van der Waals surface area contributed by atoms with Crippen molar-refractivity contribution in [3.8, 4) is 5.75 Å². The fraction of sp³-hybridized carbons (Fsp3) is 0.0556. The number of carbonyl (C=O) groups excluding carboxylic acids is 2. The van der Waals surface area contributed by atoms with Crippen molar-refractivity contribution in [2.45, 2.75) is 0 Å². The minimum atomic E-state index is -1.10. The molecule has 2 aromatic carbocycles. The Morgan fingerprint density at radius 2 is 1.92 bits per heavy atom. The number of amides is 2. The van der Waals surface area contributed by atoms with Crippen molar-refractivity contribution in [3.63, 3.8) is 0 Å². The Balaban J connectivity index is 1.82. The van der Waals surface area contributed by atoms with Crippen molar-refractivity contribution in [1.82, 2.24) is 0 Å². The normalized spacial score (nSPS) is 15.6. The molecule has 0 bridgehead atoms. The van der Waals surface area contributed by atoms with Crippen LogP contribution in [-0.4, -0.2) is 28.8 Å². The van der Waals surface area contributed by atoms with E-state index in [-0.39, 0.29) is 10.6 Å². The van der Waals surface area contributed by atoms with Gasteiger partial charge < -0.3 is 9.84 Å². The highest BCUT2D eigenvalue weighted by Gasteiger charge is 2.36. The number of imide groups is 1. The van der Waals surface area contributed by atoms with Crippen molar-refractivity contribution >= 4 is 40.6 Å². The first-order chi connectivity index (χ1) is 12.4. The van der Waals surface area contributed by atoms with Crippen molar-refractivity contribution in [3.05, 3.63) is 64.8 Å². The van der Waals surface area contributed by atoms with Crippen LogP contribution >= 0.6 is 11.8 Å². The molecular weight excluding hydrogens is 361 g/mol. The highest BCUT2D eigenvalue weighted by atomic mass is 32.2. The minimum Gasteiger partial charge on any atom is -0.482 e. The molecule has 1 fully saturated rings. The first kappa shape index (κ1) is 17.7. The summed E-state index contributed by atoms with van der Waals surface area (Å²) in [6, 6.07) is 11.5. The van der Waals surface area contributed by atoms with Crippen LogP contribution in [0.25, 0.3) is 6.08 Å². The van der Waals surface area contributed by atoms with Gasteiger partial charge in [-0.25, -0.2) is 14.1 Å². The molecule has 0 atom stereocenters. The number of benzene rings is 2. The van der Waals surface area contributed by atoms with Crippen molar-refractivity contribution in [1.29, 1.82) is 0 Å². The summed E-state index contributed by atoms with van der Waals surface area (Å²) >= 11 is 0.770. The molecule has 2 amide bonds. The maximum Gasteiger partial charge on any atom is 0.341 e. The Kier molecular flexibility index (Phi) is 5.04. The largest absolute Gasteiger partial charge is 0.482 e. The maximum absolute atomic E-state index is 13.0. The van der Waals surface area contributed by atoms with Gasteiger partial charge in [0.2, 0.25) is 0 Å². The monoisotopic (exact) mass is 373 g/mol. The van der Waals surface area contributed by atoms with E-state index in [0.29, 0.717) is 11.3 Å². The van der Waals surface area contributed by atoms with E-state index in [1.54, 1.807) is 24.3 Å². The molecule has 0 radical (unpaired) electrons. The number of anilines is 1. The third kappa shape index (κ3) is 3.92. The number of thioether (sulfide) groups is 1. The molecule has 8 heteroatoms. The van der Waals surface area contributed by atoms with E-state index in [1.165, 1.54) is 30.3 Å². The zero-order valence-corrected chi connectivity index (χ0v) is 14.0. The van der Waals surface area contributed by atoms with E-state index in [1.807, 2.05) is 0 Å². The number of carboxylic acid groups (broad SMARTS) is 1. The van der Waals surface area contributed by atoms with Crippen LogP contribution in [0.15, 0.2) is 53.4 Å². The first-order valence-electron chi connectivity index (χ1n) is 7.42. The van der Waals surface area contributed by atoms with Crippen LogP contribution in [0.5, 0.6) is 5.75 Å². The summed E-state index contributed by atoms with van der Waals surface area (Å²) in [6.07, 6.45) is 1.52. The van der Waals surface area contributed by atoms with Crippen LogP contribution in [0.4, 0.5) is 14.9 Å². The van der Waals surface area contributed by atoms with Crippen LogP contribution in [-0.2, 0) is 9.59 Å². The van der Waals surface area contributed by atoms with Crippen LogP contribution in [0.2, 0.25) is 0 Å². The van der Waals surface area contributed by atoms with Gasteiger partial charge in [-0.1, -0.05) is 12.1 Å². The number of rotatable bonds is 5. The van der Waals surface area contributed by atoms with Gasteiger partial charge in [0.1, 0.15) is 11.6 Å². The van der Waals surface area contributed by atoms with Gasteiger partial charge >= 0.3 is 5.97 Å². The standard InChI is InChI=1S/C18H12FNO5S/c19-12-4-6-13(7-5-12)20-17(23)15(26-18(20)24)9-11-2-1-3-14(8-11)25-10-16(21)22/h1-9H,10H2,(H,21,22)/b15-9+. The number of carboxylic acids is 1. The number of hydrogen-bond acceptors (Lipinski definition) is 5. The molecule has 6 nitrogen and oxygen atoms in total. The molecule has 0 aromatic heterocycles.